The van der Waals surface area contributed by atoms with E-state index in [2.05, 4.69) is 4.90 Å². The maximum absolute atomic E-state index is 12.2. The molecule has 0 aliphatic carbocycles. The highest BCUT2D eigenvalue weighted by Crippen LogP contribution is 2.45. The molecule has 0 spiro atoms. The van der Waals surface area contributed by atoms with Gasteiger partial charge in [-0.05, 0) is 32.1 Å². The Bertz CT molecular complexity index is 400. The second-order valence-electron chi connectivity index (χ2n) is 7.22. The molecule has 0 radical (unpaired) electrons. The van der Waals surface area contributed by atoms with Gasteiger partial charge < -0.3 is 4.90 Å². The molecule has 19 heavy (non-hydrogen) atoms. The van der Waals surface area contributed by atoms with Crippen LogP contribution in [0.5, 0.6) is 0 Å². The number of hydrogen-bond donors (Lipinski definition) is 1. The third-order valence-electron chi connectivity index (χ3n) is 6.20. The number of piperidine rings is 4. The van der Waals surface area contributed by atoms with Crippen LogP contribution in [-0.2, 0) is 4.79 Å². The first-order chi connectivity index (χ1) is 9.17. The molecular weight excluding hydrogens is 240 g/mol. The van der Waals surface area contributed by atoms with Gasteiger partial charge in [0.25, 0.3) is 0 Å². The van der Waals surface area contributed by atoms with Crippen LogP contribution in [0.3, 0.4) is 0 Å². The highest BCUT2D eigenvalue weighted by atomic mass is 16.5. The summed E-state index contributed by atoms with van der Waals surface area (Å²) in [6, 6.07) is 0.836. The molecule has 0 aromatic heterocycles. The van der Waals surface area contributed by atoms with Crippen LogP contribution in [0.15, 0.2) is 0 Å². The van der Waals surface area contributed by atoms with E-state index in [1.165, 1.54) is 19.3 Å². The van der Waals surface area contributed by atoms with Crippen molar-refractivity contribution in [3.05, 3.63) is 0 Å². The molecule has 4 aliphatic heterocycles. The van der Waals surface area contributed by atoms with Gasteiger partial charge in [-0.2, -0.15) is 4.65 Å². The monoisotopic (exact) mass is 265 g/mol. The molecule has 4 aliphatic rings. The van der Waals surface area contributed by atoms with E-state index in [4.69, 9.17) is 0 Å². The van der Waals surface area contributed by atoms with E-state index in [0.29, 0.717) is 34.5 Å². The number of hydrogen-bond acceptors (Lipinski definition) is 2. The SMILES string of the molecule is O=C1CCC[C@H]2C3CC(CN12)[C@H]1CCCC[N+]1(O)C3. The minimum Gasteiger partial charge on any atom is -0.339 e. The van der Waals surface area contributed by atoms with Gasteiger partial charge in [0.2, 0.25) is 5.91 Å². The number of rotatable bonds is 0. The quantitative estimate of drug-likeness (QED) is 0.678. The third-order valence-corrected chi connectivity index (χ3v) is 6.20. The number of nitrogens with zero attached hydrogens (tertiary/aromatic N) is 2. The molecule has 106 valence electrons. The smallest absolute Gasteiger partial charge is 0.222 e. The zero-order chi connectivity index (χ0) is 13.0. The Morgan fingerprint density at radius 3 is 2.95 bits per heavy atom. The average Bonchev–Trinajstić information content (AvgIpc) is 2.39. The fraction of sp³-hybridized carbons (Fsp3) is 0.933. The van der Waals surface area contributed by atoms with E-state index in [1.807, 2.05) is 0 Å². The summed E-state index contributed by atoms with van der Waals surface area (Å²) in [5.74, 6) is 1.46. The Labute approximate surface area is 114 Å². The Morgan fingerprint density at radius 1 is 1.16 bits per heavy atom. The van der Waals surface area contributed by atoms with Crippen LogP contribution < -0.4 is 0 Å². The van der Waals surface area contributed by atoms with Crippen molar-refractivity contribution in [2.75, 3.05) is 19.6 Å². The Morgan fingerprint density at radius 2 is 2.05 bits per heavy atom. The molecule has 1 amide bonds. The van der Waals surface area contributed by atoms with Crippen LogP contribution in [0.25, 0.3) is 0 Å². The number of fused-ring (bicyclic) bond motifs is 6. The predicted octanol–water partition coefficient (Wildman–Crippen LogP) is 1.78. The average molecular weight is 265 g/mol. The lowest BCUT2D eigenvalue weighted by molar-refractivity contribution is -1.13. The van der Waals surface area contributed by atoms with E-state index in [0.717, 1.165) is 45.3 Å². The van der Waals surface area contributed by atoms with Gasteiger partial charge in [0, 0.05) is 37.3 Å². The lowest BCUT2D eigenvalue weighted by Crippen LogP contribution is -2.70. The molecule has 4 heteroatoms. The van der Waals surface area contributed by atoms with Crippen molar-refractivity contribution < 1.29 is 14.6 Å². The summed E-state index contributed by atoms with van der Waals surface area (Å²) in [6.45, 7) is 2.76. The van der Waals surface area contributed by atoms with Crippen LogP contribution in [0.4, 0.5) is 0 Å². The van der Waals surface area contributed by atoms with E-state index < -0.39 is 0 Å². The van der Waals surface area contributed by atoms with E-state index in [1.54, 1.807) is 0 Å². The fourth-order valence-corrected chi connectivity index (χ4v) is 5.43. The maximum Gasteiger partial charge on any atom is 0.222 e. The van der Waals surface area contributed by atoms with Crippen molar-refractivity contribution in [1.29, 1.82) is 0 Å². The molecule has 4 fully saturated rings. The number of carbonyl (C=O) groups is 1. The zero-order valence-electron chi connectivity index (χ0n) is 11.6. The van der Waals surface area contributed by atoms with Gasteiger partial charge in [-0.1, -0.05) is 0 Å². The number of hydroxylamine groups is 3. The van der Waals surface area contributed by atoms with E-state index in [9.17, 15) is 10.0 Å². The van der Waals surface area contributed by atoms with Gasteiger partial charge in [-0.25, -0.2) is 5.21 Å². The summed E-state index contributed by atoms with van der Waals surface area (Å²) < 4.78 is 0.327. The Balaban J connectivity index is 1.64. The van der Waals surface area contributed by atoms with Crippen LogP contribution in [-0.4, -0.2) is 52.4 Å². The van der Waals surface area contributed by atoms with Crippen molar-refractivity contribution in [2.24, 2.45) is 11.8 Å². The van der Waals surface area contributed by atoms with Gasteiger partial charge in [0.1, 0.15) is 19.1 Å². The second kappa shape index (κ2) is 4.19. The molecule has 1 N–H and O–H groups in total. The van der Waals surface area contributed by atoms with Gasteiger partial charge in [-0.3, -0.25) is 4.79 Å². The van der Waals surface area contributed by atoms with Crippen LogP contribution in [0.1, 0.15) is 44.9 Å². The zero-order valence-corrected chi connectivity index (χ0v) is 11.6. The normalized spacial score (nSPS) is 49.5. The summed E-state index contributed by atoms with van der Waals surface area (Å²) in [6.07, 6.45) is 7.79. The molecule has 4 rings (SSSR count). The van der Waals surface area contributed by atoms with Crippen LogP contribution >= 0.6 is 0 Å². The lowest BCUT2D eigenvalue weighted by Gasteiger charge is -2.57. The molecule has 0 aromatic carbocycles. The first-order valence-electron chi connectivity index (χ1n) is 8.06. The summed E-state index contributed by atoms with van der Waals surface area (Å²) >= 11 is 0. The van der Waals surface area contributed by atoms with Gasteiger partial charge in [0.05, 0.1) is 0 Å². The number of carbonyl (C=O) groups excluding carboxylic acids is 1. The van der Waals surface area contributed by atoms with Crippen molar-refractivity contribution in [3.63, 3.8) is 0 Å². The van der Waals surface area contributed by atoms with Gasteiger partial charge in [0.15, 0.2) is 0 Å². The van der Waals surface area contributed by atoms with Crippen LogP contribution in [0.2, 0.25) is 0 Å². The first kappa shape index (κ1) is 12.2. The Hall–Kier alpha value is -0.610. The molecular formula is C15H25N2O2+. The summed E-state index contributed by atoms with van der Waals surface area (Å²) in [5.41, 5.74) is 0. The topological polar surface area (TPSA) is 40.5 Å². The highest BCUT2D eigenvalue weighted by Gasteiger charge is 2.56. The number of quaternary nitrogens is 1. The van der Waals surface area contributed by atoms with E-state index in [-0.39, 0.29) is 0 Å². The summed E-state index contributed by atoms with van der Waals surface area (Å²) in [7, 11) is 0. The molecule has 4 nitrogen and oxygen atoms in total. The fourth-order valence-electron chi connectivity index (χ4n) is 5.43. The second-order valence-corrected chi connectivity index (χ2v) is 7.22. The van der Waals surface area contributed by atoms with Gasteiger partial charge >= 0.3 is 0 Å². The van der Waals surface area contributed by atoms with E-state index >= 15 is 0 Å². The minimum absolute atomic E-state index is 0.327. The molecule has 5 atom stereocenters. The molecule has 0 saturated carbocycles. The minimum atomic E-state index is 0.327. The molecule has 2 bridgehead atoms. The third kappa shape index (κ3) is 1.76. The Kier molecular flexibility index (Phi) is 2.68. The maximum atomic E-state index is 12.2. The molecule has 4 saturated heterocycles. The lowest BCUT2D eigenvalue weighted by atomic mass is 9.70. The van der Waals surface area contributed by atoms with Crippen molar-refractivity contribution in [3.8, 4) is 0 Å². The summed E-state index contributed by atoms with van der Waals surface area (Å²) in [4.78, 5) is 14.3. The standard InChI is InChI=1S/C15H25N2O2/c18-15-6-3-4-13-12-8-11(9-16(13)15)14-5-1-2-7-17(14,19)10-12/h11-14,19H,1-10H2/q+1/t11?,12?,13-,14+,17?/m0/s1. The molecule has 3 unspecified atom stereocenters. The van der Waals surface area contributed by atoms with Crippen LogP contribution in [0, 0.1) is 11.8 Å². The van der Waals surface area contributed by atoms with Crippen molar-refractivity contribution in [2.45, 2.75) is 57.0 Å². The predicted molar refractivity (Wildman–Crippen MR) is 70.4 cm³/mol. The first-order valence-corrected chi connectivity index (χ1v) is 8.06. The highest BCUT2D eigenvalue weighted by molar-refractivity contribution is 5.77. The van der Waals surface area contributed by atoms with Gasteiger partial charge in [-0.15, -0.1) is 0 Å². The van der Waals surface area contributed by atoms with Crippen molar-refractivity contribution >= 4 is 5.91 Å². The number of amides is 1. The molecule has 0 aromatic rings. The summed E-state index contributed by atoms with van der Waals surface area (Å²) in [5, 5.41) is 11.0. The molecule has 4 heterocycles. The van der Waals surface area contributed by atoms with Crippen molar-refractivity contribution in [1.82, 2.24) is 4.90 Å². The largest absolute Gasteiger partial charge is 0.339 e.